The zero-order valence-electron chi connectivity index (χ0n) is 12.5. The number of nitrogens with one attached hydrogen (secondary N) is 1. The van der Waals surface area contributed by atoms with Crippen LogP contribution >= 0.6 is 11.6 Å². The van der Waals surface area contributed by atoms with Crippen molar-refractivity contribution in [1.29, 1.82) is 5.41 Å². The van der Waals surface area contributed by atoms with E-state index in [-0.39, 0.29) is 11.0 Å². The summed E-state index contributed by atoms with van der Waals surface area (Å²) in [5.41, 5.74) is 5.41. The fraction of sp³-hybridized carbons (Fsp3) is 0.667. The average Bonchev–Trinajstić information content (AvgIpc) is 2.35. The van der Waals surface area contributed by atoms with Gasteiger partial charge in [0.2, 0.25) is 0 Å². The highest BCUT2D eigenvalue weighted by atomic mass is 35.5. The summed E-state index contributed by atoms with van der Waals surface area (Å²) in [6.45, 7) is 9.46. The van der Waals surface area contributed by atoms with Crippen LogP contribution in [0.4, 0.5) is 0 Å². The van der Waals surface area contributed by atoms with E-state index >= 15 is 0 Å². The van der Waals surface area contributed by atoms with Crippen molar-refractivity contribution in [2.45, 2.75) is 43.7 Å². The zero-order valence-corrected chi connectivity index (χ0v) is 14.1. The first-order chi connectivity index (χ1) is 8.91. The van der Waals surface area contributed by atoms with Gasteiger partial charge in [-0.05, 0) is 34.4 Å². The molecule has 1 unspecified atom stereocenters. The molecule has 0 heterocycles. The maximum absolute atomic E-state index is 12.6. The molecule has 0 aromatic rings. The van der Waals surface area contributed by atoms with Gasteiger partial charge in [-0.2, -0.15) is 0 Å². The molecule has 0 aliphatic rings. The van der Waals surface area contributed by atoms with E-state index in [4.69, 9.17) is 22.7 Å². The third-order valence-corrected chi connectivity index (χ3v) is 7.05. The lowest BCUT2D eigenvalue weighted by atomic mass is 10.2. The minimum Gasteiger partial charge on any atom is -0.386 e. The SMILES string of the molecule is C=N/C=C(/Cl)N(C)C(C)[C@H](C)S(=O)(=O)C(C)(C)C(=N)N. The van der Waals surface area contributed by atoms with E-state index < -0.39 is 25.9 Å². The number of hydrogen-bond acceptors (Lipinski definition) is 5. The van der Waals surface area contributed by atoms with Crippen LogP contribution in [0.1, 0.15) is 27.7 Å². The summed E-state index contributed by atoms with van der Waals surface area (Å²) in [6.07, 6.45) is 1.34. The number of rotatable bonds is 7. The van der Waals surface area contributed by atoms with Gasteiger partial charge in [0, 0.05) is 13.1 Å². The van der Waals surface area contributed by atoms with Crippen LogP contribution in [0.5, 0.6) is 0 Å². The summed E-state index contributed by atoms with van der Waals surface area (Å²) in [5.74, 6) is -0.381. The molecule has 20 heavy (non-hydrogen) atoms. The van der Waals surface area contributed by atoms with Gasteiger partial charge in [-0.15, -0.1) is 0 Å². The molecule has 6 nitrogen and oxygen atoms in total. The average molecular weight is 323 g/mol. The molecule has 0 rings (SSSR count). The van der Waals surface area contributed by atoms with Gasteiger partial charge in [-0.1, -0.05) is 11.6 Å². The largest absolute Gasteiger partial charge is 0.386 e. The second-order valence-corrected chi connectivity index (χ2v) is 8.40. The first-order valence-corrected chi connectivity index (χ1v) is 7.96. The van der Waals surface area contributed by atoms with Crippen molar-refractivity contribution >= 4 is 34.0 Å². The third kappa shape index (κ3) is 3.52. The monoisotopic (exact) mass is 322 g/mol. The van der Waals surface area contributed by atoms with Crippen LogP contribution in [0.2, 0.25) is 0 Å². The summed E-state index contributed by atoms with van der Waals surface area (Å²) in [4.78, 5) is 5.14. The Hall–Kier alpha value is -1.08. The molecule has 2 atom stereocenters. The number of amidine groups is 1. The van der Waals surface area contributed by atoms with Crippen molar-refractivity contribution in [3.8, 4) is 0 Å². The number of hydrogen-bond donors (Lipinski definition) is 2. The molecule has 0 saturated heterocycles. The van der Waals surface area contributed by atoms with E-state index in [0.29, 0.717) is 0 Å². The van der Waals surface area contributed by atoms with E-state index in [0.717, 1.165) is 0 Å². The van der Waals surface area contributed by atoms with Crippen molar-refractivity contribution in [3.05, 3.63) is 11.4 Å². The van der Waals surface area contributed by atoms with Crippen LogP contribution in [0.3, 0.4) is 0 Å². The van der Waals surface area contributed by atoms with Gasteiger partial charge in [0.25, 0.3) is 0 Å². The first-order valence-electron chi connectivity index (χ1n) is 6.03. The van der Waals surface area contributed by atoms with Gasteiger partial charge < -0.3 is 10.6 Å². The molecule has 0 radical (unpaired) electrons. The highest BCUT2D eigenvalue weighted by Gasteiger charge is 2.44. The smallest absolute Gasteiger partial charge is 0.167 e. The lowest BCUT2D eigenvalue weighted by Gasteiger charge is -2.35. The van der Waals surface area contributed by atoms with Gasteiger partial charge in [0.1, 0.15) is 15.7 Å². The number of halogens is 1. The Labute approximate surface area is 126 Å². The number of sulfone groups is 1. The quantitative estimate of drug-likeness (QED) is 0.422. The summed E-state index contributed by atoms with van der Waals surface area (Å²) in [5, 5.41) is 6.99. The van der Waals surface area contributed by atoms with Crippen molar-refractivity contribution in [2.24, 2.45) is 10.7 Å². The highest BCUT2D eigenvalue weighted by molar-refractivity contribution is 7.94. The lowest BCUT2D eigenvalue weighted by molar-refractivity contribution is 0.331. The molecule has 0 spiro atoms. The van der Waals surface area contributed by atoms with Gasteiger partial charge in [0.05, 0.1) is 11.4 Å². The minimum atomic E-state index is -3.65. The molecule has 8 heteroatoms. The molecule has 0 amide bonds. The zero-order chi connectivity index (χ0) is 16.3. The molecular formula is C12H23ClN4O2S. The Bertz CT molecular complexity index is 514. The molecule has 3 N–H and O–H groups in total. The summed E-state index contributed by atoms with van der Waals surface area (Å²) < 4.78 is 23.7. The second kappa shape index (κ2) is 6.58. The Kier molecular flexibility index (Phi) is 6.23. The Balaban J connectivity index is 5.46. The van der Waals surface area contributed by atoms with Crippen LogP contribution in [-0.4, -0.2) is 49.0 Å². The van der Waals surface area contributed by atoms with Crippen LogP contribution < -0.4 is 5.73 Å². The molecule has 116 valence electrons. The third-order valence-electron chi connectivity index (χ3n) is 3.67. The molecule has 0 aromatic carbocycles. The van der Waals surface area contributed by atoms with Gasteiger partial charge in [-0.3, -0.25) is 10.4 Å². The Morgan fingerprint density at radius 3 is 2.30 bits per heavy atom. The lowest BCUT2D eigenvalue weighted by Crippen LogP contribution is -2.53. The molecule has 0 aliphatic heterocycles. The van der Waals surface area contributed by atoms with Crippen LogP contribution in [-0.2, 0) is 9.84 Å². The summed E-state index contributed by atoms with van der Waals surface area (Å²) >= 11 is 5.99. The van der Waals surface area contributed by atoms with Crippen molar-refractivity contribution in [2.75, 3.05) is 7.05 Å². The standard InChI is InChI=1S/C12H23ClN4O2S/c1-8(17(6)10(13)7-16-5)9(2)20(18,19)12(3,4)11(14)15/h7-9H,5H2,1-4,6H3,(H3,14,15)/b10-7-/t8?,9-/m0/s1. The van der Waals surface area contributed by atoms with E-state index in [1.165, 1.54) is 20.0 Å². The maximum atomic E-state index is 12.6. The van der Waals surface area contributed by atoms with Gasteiger partial charge in [0.15, 0.2) is 9.84 Å². The number of nitrogens with two attached hydrogens (primary N) is 1. The molecule has 0 bridgehead atoms. The fourth-order valence-corrected chi connectivity index (χ4v) is 3.71. The number of nitrogens with zero attached hydrogens (tertiary/aromatic N) is 2. The van der Waals surface area contributed by atoms with Crippen molar-refractivity contribution in [1.82, 2.24) is 4.90 Å². The predicted octanol–water partition coefficient (Wildman–Crippen LogP) is 1.56. The van der Waals surface area contributed by atoms with Gasteiger partial charge >= 0.3 is 0 Å². The van der Waals surface area contributed by atoms with Gasteiger partial charge in [-0.25, -0.2) is 8.42 Å². The van der Waals surface area contributed by atoms with E-state index in [2.05, 4.69) is 11.7 Å². The number of aliphatic imine (C=N–C) groups is 1. The second-order valence-electron chi connectivity index (χ2n) is 5.16. The molecular weight excluding hydrogens is 300 g/mol. The Morgan fingerprint density at radius 2 is 1.95 bits per heavy atom. The van der Waals surface area contributed by atoms with Crippen LogP contribution in [0.15, 0.2) is 16.3 Å². The molecule has 0 aromatic heterocycles. The minimum absolute atomic E-state index is 0.287. The van der Waals surface area contributed by atoms with E-state index in [1.54, 1.807) is 25.8 Å². The highest BCUT2D eigenvalue weighted by Crippen LogP contribution is 2.26. The molecule has 0 saturated carbocycles. The molecule has 0 aliphatic carbocycles. The van der Waals surface area contributed by atoms with E-state index in [9.17, 15) is 8.42 Å². The summed E-state index contributed by atoms with van der Waals surface area (Å²) in [6, 6.07) is -0.413. The van der Waals surface area contributed by atoms with E-state index in [1.807, 2.05) is 0 Å². The summed E-state index contributed by atoms with van der Waals surface area (Å²) in [7, 11) is -1.99. The van der Waals surface area contributed by atoms with Crippen molar-refractivity contribution < 1.29 is 8.42 Å². The van der Waals surface area contributed by atoms with Crippen LogP contribution in [0, 0.1) is 5.41 Å². The topological polar surface area (TPSA) is 99.6 Å². The predicted molar refractivity (Wildman–Crippen MR) is 85.1 cm³/mol. The van der Waals surface area contributed by atoms with Crippen LogP contribution in [0.25, 0.3) is 0 Å². The fourth-order valence-electron chi connectivity index (χ4n) is 1.55. The normalized spacial score (nSPS) is 16.4. The maximum Gasteiger partial charge on any atom is 0.167 e. The van der Waals surface area contributed by atoms with Crippen molar-refractivity contribution in [3.63, 3.8) is 0 Å². The first kappa shape index (κ1) is 18.9. The molecule has 0 fully saturated rings. The Morgan fingerprint density at radius 1 is 1.50 bits per heavy atom.